The normalized spacial score (nSPS) is 9.96. The summed E-state index contributed by atoms with van der Waals surface area (Å²) in [6.45, 7) is -0.204. The predicted molar refractivity (Wildman–Crippen MR) is 79.6 cm³/mol. The van der Waals surface area contributed by atoms with Gasteiger partial charge < -0.3 is 14.8 Å². The first-order valence-corrected chi connectivity index (χ1v) is 6.74. The number of aromatic nitrogens is 1. The summed E-state index contributed by atoms with van der Waals surface area (Å²) in [6.07, 6.45) is 1.14. The third-order valence-electron chi connectivity index (χ3n) is 3.17. The molecule has 1 aromatic carbocycles. The van der Waals surface area contributed by atoms with Gasteiger partial charge in [0.2, 0.25) is 5.88 Å². The number of hydrogen-bond acceptors (Lipinski definition) is 5. The lowest BCUT2D eigenvalue weighted by atomic mass is 10.1. The Morgan fingerprint density at radius 3 is 2.62 bits per heavy atom. The molecule has 0 atom stereocenters. The van der Waals surface area contributed by atoms with Gasteiger partial charge in [0, 0.05) is 24.4 Å². The van der Waals surface area contributed by atoms with Gasteiger partial charge in [-0.1, -0.05) is 0 Å². The van der Waals surface area contributed by atoms with E-state index in [1.807, 2.05) is 6.07 Å². The Labute approximate surface area is 136 Å². The van der Waals surface area contributed by atoms with Gasteiger partial charge in [0.1, 0.15) is 0 Å². The van der Waals surface area contributed by atoms with Gasteiger partial charge in [0.25, 0.3) is 5.91 Å². The smallest absolute Gasteiger partial charge is 0.253 e. The number of methoxy groups -OCH3 is 2. The molecule has 0 radical (unpaired) electrons. The standard InChI is InChI=1S/C16H13F2N3O3/c1-23-13-4-9(6-19)3-10(14(13)18)7-20-15(22)11-5-12(17)16(24-2)21-8-11/h3-5,8H,7H2,1-2H3,(H,20,22). The summed E-state index contributed by atoms with van der Waals surface area (Å²) in [5.41, 5.74) is 0.216. The van der Waals surface area contributed by atoms with E-state index in [4.69, 9.17) is 10.00 Å². The van der Waals surface area contributed by atoms with Crippen LogP contribution in [0, 0.1) is 23.0 Å². The third kappa shape index (κ3) is 3.57. The van der Waals surface area contributed by atoms with Crippen molar-refractivity contribution in [2.75, 3.05) is 14.2 Å². The fourth-order valence-corrected chi connectivity index (χ4v) is 1.97. The zero-order valence-corrected chi connectivity index (χ0v) is 12.9. The van der Waals surface area contributed by atoms with Crippen LogP contribution < -0.4 is 14.8 Å². The molecule has 0 aliphatic heterocycles. The van der Waals surface area contributed by atoms with Crippen molar-refractivity contribution in [2.24, 2.45) is 0 Å². The Morgan fingerprint density at radius 1 is 1.29 bits per heavy atom. The minimum Gasteiger partial charge on any atom is -0.494 e. The van der Waals surface area contributed by atoms with Gasteiger partial charge >= 0.3 is 0 Å². The minimum absolute atomic E-state index is 0.0443. The van der Waals surface area contributed by atoms with Crippen molar-refractivity contribution in [1.82, 2.24) is 10.3 Å². The van der Waals surface area contributed by atoms with E-state index in [1.165, 1.54) is 26.4 Å². The number of nitriles is 1. The van der Waals surface area contributed by atoms with Crippen molar-refractivity contribution in [2.45, 2.75) is 6.54 Å². The van der Waals surface area contributed by atoms with Crippen LogP contribution in [-0.2, 0) is 6.54 Å². The molecule has 0 saturated heterocycles. The Balaban J connectivity index is 2.17. The van der Waals surface area contributed by atoms with Crippen molar-refractivity contribution in [3.05, 3.63) is 52.7 Å². The number of halogens is 2. The second-order valence-corrected chi connectivity index (χ2v) is 4.66. The highest BCUT2D eigenvalue weighted by Crippen LogP contribution is 2.23. The summed E-state index contributed by atoms with van der Waals surface area (Å²) in [5.74, 6) is -2.45. The molecule has 1 N–H and O–H groups in total. The molecule has 0 saturated carbocycles. The van der Waals surface area contributed by atoms with Gasteiger partial charge in [0.15, 0.2) is 17.4 Å². The lowest BCUT2D eigenvalue weighted by Gasteiger charge is -2.10. The summed E-state index contributed by atoms with van der Waals surface area (Å²) in [6, 6.07) is 5.39. The minimum atomic E-state index is -0.788. The van der Waals surface area contributed by atoms with Crippen molar-refractivity contribution in [3.63, 3.8) is 0 Å². The maximum absolute atomic E-state index is 14.1. The highest BCUT2D eigenvalue weighted by Gasteiger charge is 2.15. The summed E-state index contributed by atoms with van der Waals surface area (Å²) in [7, 11) is 2.53. The number of amides is 1. The molecule has 24 heavy (non-hydrogen) atoms. The maximum atomic E-state index is 14.1. The molecule has 0 unspecified atom stereocenters. The predicted octanol–water partition coefficient (Wildman–Crippen LogP) is 2.18. The Kier molecular flexibility index (Phi) is 5.27. The number of benzene rings is 1. The number of ether oxygens (including phenoxy) is 2. The topological polar surface area (TPSA) is 84.2 Å². The van der Waals surface area contributed by atoms with Crippen LogP contribution in [0.15, 0.2) is 24.4 Å². The molecular formula is C16H13F2N3O3. The first-order valence-electron chi connectivity index (χ1n) is 6.74. The van der Waals surface area contributed by atoms with E-state index in [-0.39, 0.29) is 34.9 Å². The van der Waals surface area contributed by atoms with E-state index in [0.717, 1.165) is 12.3 Å². The van der Waals surface area contributed by atoms with Crippen LogP contribution in [0.1, 0.15) is 21.5 Å². The second kappa shape index (κ2) is 7.37. The van der Waals surface area contributed by atoms with Gasteiger partial charge in [-0.3, -0.25) is 4.79 Å². The van der Waals surface area contributed by atoms with Crippen LogP contribution in [0.3, 0.4) is 0 Å². The highest BCUT2D eigenvalue weighted by atomic mass is 19.1. The van der Waals surface area contributed by atoms with Gasteiger partial charge in [0.05, 0.1) is 31.4 Å². The van der Waals surface area contributed by atoms with Crippen LogP contribution in [-0.4, -0.2) is 25.1 Å². The largest absolute Gasteiger partial charge is 0.494 e. The summed E-state index contributed by atoms with van der Waals surface area (Å²) in [4.78, 5) is 15.7. The monoisotopic (exact) mass is 333 g/mol. The maximum Gasteiger partial charge on any atom is 0.253 e. The van der Waals surface area contributed by atoms with E-state index in [0.29, 0.717) is 0 Å². The number of carbonyl (C=O) groups excluding carboxylic acids is 1. The van der Waals surface area contributed by atoms with Crippen LogP contribution in [0.4, 0.5) is 8.78 Å². The number of carbonyl (C=O) groups is 1. The third-order valence-corrected chi connectivity index (χ3v) is 3.17. The van der Waals surface area contributed by atoms with Crippen molar-refractivity contribution >= 4 is 5.91 Å². The van der Waals surface area contributed by atoms with Gasteiger partial charge in [-0.05, 0) is 12.1 Å². The lowest BCUT2D eigenvalue weighted by molar-refractivity contribution is 0.0949. The SMILES string of the molecule is COc1cc(C#N)cc(CNC(=O)c2cnc(OC)c(F)c2)c1F. The van der Waals surface area contributed by atoms with E-state index >= 15 is 0 Å². The van der Waals surface area contributed by atoms with E-state index < -0.39 is 17.5 Å². The van der Waals surface area contributed by atoms with E-state index in [1.54, 1.807) is 0 Å². The lowest BCUT2D eigenvalue weighted by Crippen LogP contribution is -2.24. The van der Waals surface area contributed by atoms with Gasteiger partial charge in [-0.2, -0.15) is 5.26 Å². The number of nitrogens with one attached hydrogen (secondary N) is 1. The molecular weight excluding hydrogens is 320 g/mol. The zero-order chi connectivity index (χ0) is 17.7. The number of pyridine rings is 1. The summed E-state index contributed by atoms with van der Waals surface area (Å²) in [5, 5.41) is 11.4. The molecule has 0 bridgehead atoms. The molecule has 2 rings (SSSR count). The number of rotatable bonds is 5. The van der Waals surface area contributed by atoms with Crippen molar-refractivity contribution < 1.29 is 23.0 Å². The van der Waals surface area contributed by atoms with Crippen LogP contribution in [0.2, 0.25) is 0 Å². The molecule has 0 aliphatic carbocycles. The van der Waals surface area contributed by atoms with Gasteiger partial charge in [-0.15, -0.1) is 0 Å². The molecule has 0 fully saturated rings. The fraction of sp³-hybridized carbons (Fsp3) is 0.188. The molecule has 0 aliphatic rings. The number of hydrogen-bond donors (Lipinski definition) is 1. The van der Waals surface area contributed by atoms with E-state index in [2.05, 4.69) is 15.0 Å². The second-order valence-electron chi connectivity index (χ2n) is 4.66. The quantitative estimate of drug-likeness (QED) is 0.906. The fourth-order valence-electron chi connectivity index (χ4n) is 1.97. The average Bonchev–Trinajstić information content (AvgIpc) is 2.60. The zero-order valence-electron chi connectivity index (χ0n) is 12.9. The van der Waals surface area contributed by atoms with Crippen molar-refractivity contribution in [3.8, 4) is 17.7 Å². The first-order chi connectivity index (χ1) is 11.5. The Hall–Kier alpha value is -3.21. The Morgan fingerprint density at radius 2 is 2.04 bits per heavy atom. The number of nitrogens with zero attached hydrogens (tertiary/aromatic N) is 2. The molecule has 8 heteroatoms. The summed E-state index contributed by atoms with van der Waals surface area (Å²) >= 11 is 0. The van der Waals surface area contributed by atoms with Crippen molar-refractivity contribution in [1.29, 1.82) is 5.26 Å². The van der Waals surface area contributed by atoms with Crippen LogP contribution in [0.25, 0.3) is 0 Å². The molecule has 1 heterocycles. The van der Waals surface area contributed by atoms with Crippen LogP contribution in [0.5, 0.6) is 11.6 Å². The molecule has 1 amide bonds. The molecule has 0 spiro atoms. The Bertz CT molecular complexity index is 819. The molecule has 1 aromatic heterocycles. The summed E-state index contributed by atoms with van der Waals surface area (Å²) < 4.78 is 37.2. The molecule has 2 aromatic rings. The van der Waals surface area contributed by atoms with Crippen LogP contribution >= 0.6 is 0 Å². The molecule has 6 nitrogen and oxygen atoms in total. The van der Waals surface area contributed by atoms with E-state index in [9.17, 15) is 13.6 Å². The molecule has 124 valence electrons. The first kappa shape index (κ1) is 17.1. The highest BCUT2D eigenvalue weighted by molar-refractivity contribution is 5.93. The van der Waals surface area contributed by atoms with Gasteiger partial charge in [-0.25, -0.2) is 13.8 Å². The average molecular weight is 333 g/mol.